The van der Waals surface area contributed by atoms with E-state index in [2.05, 4.69) is 222 Å². The third-order valence-corrected chi connectivity index (χ3v) is 12.0. The van der Waals surface area contributed by atoms with Gasteiger partial charge in [0.1, 0.15) is 11.2 Å². The second kappa shape index (κ2) is 13.4. The normalized spacial score (nSPS) is 11.7. The van der Waals surface area contributed by atoms with Gasteiger partial charge in [0.2, 0.25) is 0 Å². The summed E-state index contributed by atoms with van der Waals surface area (Å²) in [5.41, 5.74) is 13.2. The number of anilines is 3. The van der Waals surface area contributed by atoms with E-state index in [1.54, 1.807) is 0 Å². The molecule has 0 amide bonds. The molecule has 0 bridgehead atoms. The molecule has 3 nitrogen and oxygen atoms in total. The zero-order chi connectivity index (χ0) is 38.9. The van der Waals surface area contributed by atoms with Gasteiger partial charge in [-0.25, -0.2) is 0 Å². The van der Waals surface area contributed by atoms with Gasteiger partial charge in [-0.1, -0.05) is 152 Å². The molecule has 0 radical (unpaired) electrons. The summed E-state index contributed by atoms with van der Waals surface area (Å²) in [6.07, 6.45) is 0. The number of para-hydroxylation sites is 4. The van der Waals surface area contributed by atoms with E-state index in [1.807, 2.05) is 6.07 Å². The molecule has 0 aliphatic rings. The molecule has 2 heterocycles. The molecule has 12 aromatic rings. The third-order valence-electron chi connectivity index (χ3n) is 12.0. The Labute approximate surface area is 341 Å². The maximum atomic E-state index is 6.43. The highest BCUT2D eigenvalue weighted by atomic mass is 16.3. The van der Waals surface area contributed by atoms with Crippen molar-refractivity contribution in [3.05, 3.63) is 218 Å². The van der Waals surface area contributed by atoms with E-state index in [0.717, 1.165) is 50.3 Å². The van der Waals surface area contributed by atoms with Gasteiger partial charge in [0, 0.05) is 38.8 Å². The smallest absolute Gasteiger partial charge is 0.137 e. The number of fused-ring (bicyclic) bond motifs is 9. The summed E-state index contributed by atoms with van der Waals surface area (Å²) in [4.78, 5) is 2.37. The molecular weight excluding hydrogens is 717 g/mol. The number of rotatable bonds is 6. The van der Waals surface area contributed by atoms with Gasteiger partial charge in [0.15, 0.2) is 0 Å². The third kappa shape index (κ3) is 5.29. The zero-order valence-corrected chi connectivity index (χ0v) is 32.1. The number of furan rings is 1. The van der Waals surface area contributed by atoms with Gasteiger partial charge >= 0.3 is 0 Å². The van der Waals surface area contributed by atoms with Gasteiger partial charge in [-0.3, -0.25) is 0 Å². The molecule has 0 saturated heterocycles. The molecule has 0 aliphatic carbocycles. The highest BCUT2D eigenvalue weighted by molar-refractivity contribution is 6.16. The van der Waals surface area contributed by atoms with Gasteiger partial charge in [0.05, 0.1) is 22.1 Å². The van der Waals surface area contributed by atoms with Crippen LogP contribution in [0.15, 0.2) is 223 Å². The lowest BCUT2D eigenvalue weighted by Gasteiger charge is -2.27. The first-order valence-corrected chi connectivity index (χ1v) is 20.2. The first-order valence-electron chi connectivity index (χ1n) is 20.2. The van der Waals surface area contributed by atoms with Gasteiger partial charge in [0.25, 0.3) is 0 Å². The monoisotopic (exact) mass is 752 g/mol. The van der Waals surface area contributed by atoms with Crippen molar-refractivity contribution in [1.82, 2.24) is 4.57 Å². The average Bonchev–Trinajstić information content (AvgIpc) is 3.86. The lowest BCUT2D eigenvalue weighted by molar-refractivity contribution is 0.669. The second-order valence-corrected chi connectivity index (χ2v) is 15.3. The summed E-state index contributed by atoms with van der Waals surface area (Å²) in [6, 6.07) is 78.7. The molecular formula is C56H36N2O. The predicted molar refractivity (Wildman–Crippen MR) is 249 cm³/mol. The van der Waals surface area contributed by atoms with Crippen molar-refractivity contribution >= 4 is 82.4 Å². The lowest BCUT2D eigenvalue weighted by Crippen LogP contribution is -2.10. The lowest BCUT2D eigenvalue weighted by atomic mass is 9.93. The van der Waals surface area contributed by atoms with Gasteiger partial charge in [-0.05, 0) is 105 Å². The van der Waals surface area contributed by atoms with Crippen molar-refractivity contribution in [2.24, 2.45) is 0 Å². The van der Waals surface area contributed by atoms with Crippen LogP contribution in [-0.4, -0.2) is 4.57 Å². The minimum atomic E-state index is 0.866. The Morgan fingerprint density at radius 1 is 0.373 bits per heavy atom. The summed E-state index contributed by atoms with van der Waals surface area (Å²) in [5.74, 6) is 0. The largest absolute Gasteiger partial charge is 0.456 e. The minimum Gasteiger partial charge on any atom is -0.456 e. The van der Waals surface area contributed by atoms with Crippen LogP contribution < -0.4 is 4.90 Å². The molecule has 0 atom stereocenters. The van der Waals surface area contributed by atoms with E-state index in [9.17, 15) is 0 Å². The Morgan fingerprint density at radius 3 is 1.73 bits per heavy atom. The molecule has 0 aliphatic heterocycles. The maximum Gasteiger partial charge on any atom is 0.137 e. The van der Waals surface area contributed by atoms with Gasteiger partial charge < -0.3 is 13.9 Å². The zero-order valence-electron chi connectivity index (χ0n) is 32.1. The van der Waals surface area contributed by atoms with Crippen LogP contribution in [0.5, 0.6) is 0 Å². The summed E-state index contributed by atoms with van der Waals surface area (Å²) >= 11 is 0. The van der Waals surface area contributed by atoms with Crippen LogP contribution in [0.2, 0.25) is 0 Å². The predicted octanol–water partition coefficient (Wildman–Crippen LogP) is 15.8. The summed E-state index contributed by atoms with van der Waals surface area (Å²) < 4.78 is 8.84. The number of hydrogen-bond acceptors (Lipinski definition) is 2. The van der Waals surface area contributed by atoms with E-state index in [4.69, 9.17) is 4.42 Å². The number of aromatic nitrogens is 1. The standard InChI is InChI=1S/C56H36N2O/c1-2-15-40(16-3-1)58-51-24-10-8-20-47(51)48-23-12-22-44(56(48)58)37-28-32-41(33-29-37)57(52-25-13-27-54-55(52)49-21-9-11-26-53(49)59-54)42-34-30-38(31-35-42)50-36-39-14-4-5-17-43(39)45-18-6-7-19-46(45)50/h1-36H. The van der Waals surface area contributed by atoms with E-state index in [1.165, 1.54) is 60.0 Å². The van der Waals surface area contributed by atoms with Crippen LogP contribution in [0.1, 0.15) is 0 Å². The fraction of sp³-hybridized carbons (Fsp3) is 0. The van der Waals surface area contributed by atoms with E-state index in [0.29, 0.717) is 0 Å². The van der Waals surface area contributed by atoms with Crippen molar-refractivity contribution < 1.29 is 4.42 Å². The Morgan fingerprint density at radius 2 is 0.949 bits per heavy atom. The fourth-order valence-electron chi connectivity index (χ4n) is 9.34. The quantitative estimate of drug-likeness (QED) is 0.158. The SMILES string of the molecule is c1ccc(-n2c3ccccc3c3cccc(-c4ccc(N(c5ccc(-c6cc7ccccc7c7ccccc67)cc5)c5cccc6oc7ccccc7c56)cc4)c32)cc1. The van der Waals surface area contributed by atoms with E-state index < -0.39 is 0 Å². The van der Waals surface area contributed by atoms with Gasteiger partial charge in [-0.15, -0.1) is 0 Å². The molecule has 2 aromatic heterocycles. The molecule has 0 fully saturated rings. The Kier molecular flexibility index (Phi) is 7.54. The van der Waals surface area contributed by atoms with Crippen molar-refractivity contribution in [3.8, 4) is 27.9 Å². The summed E-state index contributed by atoms with van der Waals surface area (Å²) in [6.45, 7) is 0. The van der Waals surface area contributed by atoms with Crippen LogP contribution in [0, 0.1) is 0 Å². The Balaban J connectivity index is 1.03. The second-order valence-electron chi connectivity index (χ2n) is 15.3. The Bertz CT molecular complexity index is 3540. The van der Waals surface area contributed by atoms with Crippen LogP contribution >= 0.6 is 0 Å². The van der Waals surface area contributed by atoms with Crippen molar-refractivity contribution in [1.29, 1.82) is 0 Å². The van der Waals surface area contributed by atoms with E-state index >= 15 is 0 Å². The summed E-state index contributed by atoms with van der Waals surface area (Å²) in [7, 11) is 0. The molecule has 0 unspecified atom stereocenters. The summed E-state index contributed by atoms with van der Waals surface area (Å²) in [5, 5.41) is 9.71. The topological polar surface area (TPSA) is 21.3 Å². The molecule has 0 spiro atoms. The van der Waals surface area contributed by atoms with Crippen LogP contribution in [-0.2, 0) is 0 Å². The van der Waals surface area contributed by atoms with Crippen LogP contribution in [0.25, 0.3) is 93.2 Å². The maximum absolute atomic E-state index is 6.43. The van der Waals surface area contributed by atoms with Crippen LogP contribution in [0.4, 0.5) is 17.1 Å². The first-order chi connectivity index (χ1) is 29.3. The van der Waals surface area contributed by atoms with Crippen molar-refractivity contribution in [2.45, 2.75) is 0 Å². The van der Waals surface area contributed by atoms with Crippen molar-refractivity contribution in [2.75, 3.05) is 4.90 Å². The molecule has 0 N–H and O–H groups in total. The average molecular weight is 753 g/mol. The number of benzene rings is 10. The van der Waals surface area contributed by atoms with Crippen LogP contribution in [0.3, 0.4) is 0 Å². The fourth-order valence-corrected chi connectivity index (χ4v) is 9.34. The molecule has 12 rings (SSSR count). The van der Waals surface area contributed by atoms with Gasteiger partial charge in [-0.2, -0.15) is 0 Å². The molecule has 0 saturated carbocycles. The highest BCUT2D eigenvalue weighted by Gasteiger charge is 2.21. The molecule has 276 valence electrons. The molecule has 3 heteroatoms. The molecule has 59 heavy (non-hydrogen) atoms. The Hall–Kier alpha value is -7.88. The van der Waals surface area contributed by atoms with E-state index in [-0.39, 0.29) is 0 Å². The highest BCUT2D eigenvalue weighted by Crippen LogP contribution is 2.45. The number of nitrogens with zero attached hydrogens (tertiary/aromatic N) is 2. The first kappa shape index (κ1) is 33.3. The minimum absolute atomic E-state index is 0.866. The number of hydrogen-bond donors (Lipinski definition) is 0. The molecule has 10 aromatic carbocycles. The van der Waals surface area contributed by atoms with Crippen molar-refractivity contribution in [3.63, 3.8) is 0 Å².